The smallest absolute Gasteiger partial charge is 0.0850 e. The molecule has 0 bridgehead atoms. The van der Waals surface area contributed by atoms with Crippen LogP contribution < -0.4 is 0 Å². The zero-order chi connectivity index (χ0) is 16.2. The Morgan fingerprint density at radius 1 is 0.870 bits per heavy atom. The lowest BCUT2D eigenvalue weighted by Crippen LogP contribution is -2.10. The molecule has 0 aliphatic rings. The van der Waals surface area contributed by atoms with Crippen molar-refractivity contribution in [1.29, 1.82) is 0 Å². The lowest BCUT2D eigenvalue weighted by molar-refractivity contribution is 0.678. The number of hydrogen-bond donors (Lipinski definition) is 0. The number of aryl methyl sites for hydroxylation is 2. The second-order valence-electron chi connectivity index (χ2n) is 5.81. The van der Waals surface area contributed by atoms with Crippen molar-refractivity contribution < 1.29 is 4.21 Å². The molecule has 0 amide bonds. The van der Waals surface area contributed by atoms with Gasteiger partial charge in [-0.3, -0.25) is 4.21 Å². The molecule has 1 nitrogen and oxygen atoms in total. The average Bonchev–Trinajstić information content (AvgIpc) is 3.04. The van der Waals surface area contributed by atoms with Crippen LogP contribution in [0.15, 0.2) is 66.0 Å². The predicted octanol–water partition coefficient (Wildman–Crippen LogP) is 5.40. The summed E-state index contributed by atoms with van der Waals surface area (Å²) in [5, 5.41) is 1.96. The second kappa shape index (κ2) is 7.24. The molecule has 1 heterocycles. The maximum absolute atomic E-state index is 13.1. The van der Waals surface area contributed by atoms with Gasteiger partial charge in [0.05, 0.1) is 11.0 Å². The van der Waals surface area contributed by atoms with Crippen LogP contribution in [0.25, 0.3) is 0 Å². The Balaban J connectivity index is 1.97. The molecule has 3 heteroatoms. The van der Waals surface area contributed by atoms with Crippen LogP contribution in [0.1, 0.15) is 32.4 Å². The Kier molecular flexibility index (Phi) is 5.09. The summed E-state index contributed by atoms with van der Waals surface area (Å²) in [5.74, 6) is 0.601. The fourth-order valence-electron chi connectivity index (χ4n) is 2.60. The summed E-state index contributed by atoms with van der Waals surface area (Å²) in [6.45, 7) is 4.15. The van der Waals surface area contributed by atoms with Crippen LogP contribution in [0, 0.1) is 13.8 Å². The fraction of sp³-hybridized carbons (Fsp3) is 0.200. The summed E-state index contributed by atoms with van der Waals surface area (Å²) < 4.78 is 13.1. The van der Waals surface area contributed by atoms with Crippen LogP contribution in [0.2, 0.25) is 0 Å². The first-order chi connectivity index (χ1) is 11.1. The van der Waals surface area contributed by atoms with E-state index < -0.39 is 10.8 Å². The molecule has 0 aliphatic carbocycles. The molecule has 3 aromatic rings. The van der Waals surface area contributed by atoms with E-state index in [0.29, 0.717) is 5.75 Å². The van der Waals surface area contributed by atoms with Gasteiger partial charge in [-0.25, -0.2) is 0 Å². The van der Waals surface area contributed by atoms with Crippen molar-refractivity contribution in [3.63, 3.8) is 0 Å². The Bertz CT molecular complexity index is 726. The largest absolute Gasteiger partial charge is 0.258 e. The van der Waals surface area contributed by atoms with Crippen molar-refractivity contribution in [2.24, 2.45) is 0 Å². The Morgan fingerprint density at radius 3 is 1.83 bits per heavy atom. The SMILES string of the molecule is Cc1ccc(C(c2ccc(C)cc2)S(=O)Cc2cccs2)cc1. The van der Waals surface area contributed by atoms with E-state index in [-0.39, 0.29) is 5.25 Å². The molecule has 0 aliphatic heterocycles. The summed E-state index contributed by atoms with van der Waals surface area (Å²) in [7, 11) is -0.992. The standard InChI is InChI=1S/C20H20OS2/c1-15-5-9-17(10-6-15)20(18-11-7-16(2)8-12-18)23(21)14-19-4-3-13-22-19/h3-13,20H,14H2,1-2H3. The Hall–Kier alpha value is -1.71. The highest BCUT2D eigenvalue weighted by atomic mass is 32.2. The molecule has 3 rings (SSSR count). The number of rotatable bonds is 5. The number of thiophene rings is 1. The third kappa shape index (κ3) is 3.98. The van der Waals surface area contributed by atoms with Crippen LogP contribution in [0.4, 0.5) is 0 Å². The summed E-state index contributed by atoms with van der Waals surface area (Å²) in [6.07, 6.45) is 0. The van der Waals surface area contributed by atoms with Crippen LogP contribution in [0.5, 0.6) is 0 Å². The quantitative estimate of drug-likeness (QED) is 0.607. The maximum atomic E-state index is 13.1. The summed E-state index contributed by atoms with van der Waals surface area (Å²) in [5.41, 5.74) is 4.68. The molecule has 0 saturated carbocycles. The number of hydrogen-bond acceptors (Lipinski definition) is 2. The lowest BCUT2D eigenvalue weighted by atomic mass is 10.0. The highest BCUT2D eigenvalue weighted by molar-refractivity contribution is 7.84. The highest BCUT2D eigenvalue weighted by Gasteiger charge is 2.21. The van der Waals surface area contributed by atoms with Gasteiger partial charge in [0, 0.05) is 15.7 Å². The third-order valence-corrected chi connectivity index (χ3v) is 6.61. The van der Waals surface area contributed by atoms with Crippen LogP contribution in [-0.4, -0.2) is 4.21 Å². The van der Waals surface area contributed by atoms with Gasteiger partial charge in [0.25, 0.3) is 0 Å². The van der Waals surface area contributed by atoms with Gasteiger partial charge in [0.2, 0.25) is 0 Å². The highest BCUT2D eigenvalue weighted by Crippen LogP contribution is 2.31. The molecule has 118 valence electrons. The molecule has 1 unspecified atom stereocenters. The van der Waals surface area contributed by atoms with Crippen molar-refractivity contribution in [2.45, 2.75) is 24.9 Å². The summed E-state index contributed by atoms with van der Waals surface area (Å²) >= 11 is 1.67. The molecule has 1 atom stereocenters. The van der Waals surface area contributed by atoms with Crippen molar-refractivity contribution in [1.82, 2.24) is 0 Å². The maximum Gasteiger partial charge on any atom is 0.0850 e. The zero-order valence-electron chi connectivity index (χ0n) is 13.4. The van der Waals surface area contributed by atoms with E-state index in [0.717, 1.165) is 11.1 Å². The first-order valence-corrected chi connectivity index (χ1v) is 9.92. The molecule has 0 N–H and O–H groups in total. The van der Waals surface area contributed by atoms with Gasteiger partial charge >= 0.3 is 0 Å². The molecule has 0 spiro atoms. The molecule has 23 heavy (non-hydrogen) atoms. The summed E-state index contributed by atoms with van der Waals surface area (Å²) in [6, 6.07) is 20.9. The van der Waals surface area contributed by atoms with E-state index in [9.17, 15) is 4.21 Å². The predicted molar refractivity (Wildman–Crippen MR) is 100 cm³/mol. The monoisotopic (exact) mass is 340 g/mol. The number of benzene rings is 2. The van der Waals surface area contributed by atoms with Gasteiger partial charge in [-0.2, -0.15) is 0 Å². The normalized spacial score (nSPS) is 12.5. The molecular weight excluding hydrogens is 320 g/mol. The van der Waals surface area contributed by atoms with Crippen molar-refractivity contribution in [2.75, 3.05) is 0 Å². The molecule has 1 aromatic heterocycles. The van der Waals surface area contributed by atoms with Crippen molar-refractivity contribution in [3.05, 3.63) is 93.2 Å². The third-order valence-electron chi connectivity index (χ3n) is 3.89. The van der Waals surface area contributed by atoms with Crippen molar-refractivity contribution >= 4 is 22.1 Å². The van der Waals surface area contributed by atoms with Crippen LogP contribution >= 0.6 is 11.3 Å². The van der Waals surface area contributed by atoms with Gasteiger partial charge < -0.3 is 0 Å². The van der Waals surface area contributed by atoms with E-state index in [1.807, 2.05) is 11.4 Å². The first kappa shape index (κ1) is 16.2. The topological polar surface area (TPSA) is 17.1 Å². The average molecular weight is 341 g/mol. The van der Waals surface area contributed by atoms with Crippen LogP contribution in [-0.2, 0) is 16.6 Å². The van der Waals surface area contributed by atoms with Gasteiger partial charge in [0.15, 0.2) is 0 Å². The van der Waals surface area contributed by atoms with E-state index in [2.05, 4.69) is 68.4 Å². The lowest BCUT2D eigenvalue weighted by Gasteiger charge is -2.18. The van der Waals surface area contributed by atoms with E-state index >= 15 is 0 Å². The molecule has 0 fully saturated rings. The van der Waals surface area contributed by atoms with Gasteiger partial charge in [-0.05, 0) is 36.4 Å². The van der Waals surface area contributed by atoms with Gasteiger partial charge in [0.1, 0.15) is 0 Å². The van der Waals surface area contributed by atoms with Crippen LogP contribution in [0.3, 0.4) is 0 Å². The van der Waals surface area contributed by atoms with E-state index in [1.165, 1.54) is 16.0 Å². The molecular formula is C20H20OS2. The molecule has 0 saturated heterocycles. The fourth-order valence-corrected chi connectivity index (χ4v) is 5.17. The molecule has 0 radical (unpaired) electrons. The minimum atomic E-state index is -0.992. The minimum absolute atomic E-state index is 0.0849. The zero-order valence-corrected chi connectivity index (χ0v) is 15.0. The Labute approximate surface area is 144 Å². The van der Waals surface area contributed by atoms with E-state index in [1.54, 1.807) is 11.3 Å². The minimum Gasteiger partial charge on any atom is -0.258 e. The molecule has 2 aromatic carbocycles. The van der Waals surface area contributed by atoms with E-state index in [4.69, 9.17) is 0 Å². The van der Waals surface area contributed by atoms with Gasteiger partial charge in [-0.15, -0.1) is 11.3 Å². The second-order valence-corrected chi connectivity index (χ2v) is 8.36. The van der Waals surface area contributed by atoms with Gasteiger partial charge in [-0.1, -0.05) is 65.7 Å². The summed E-state index contributed by atoms with van der Waals surface area (Å²) in [4.78, 5) is 1.17. The Morgan fingerprint density at radius 2 is 1.39 bits per heavy atom. The van der Waals surface area contributed by atoms with Crippen molar-refractivity contribution in [3.8, 4) is 0 Å². The first-order valence-electron chi connectivity index (χ1n) is 7.66.